The second-order valence-corrected chi connectivity index (χ2v) is 17.1. The number of carbonyl (C=O) groups is 3. The number of hydrogen-bond acceptors (Lipinski definition) is 13. The van der Waals surface area contributed by atoms with Crippen molar-refractivity contribution < 1.29 is 38.8 Å². The molecular formula is C44H79N9O10. The van der Waals surface area contributed by atoms with Gasteiger partial charge in [-0.15, -0.1) is 0 Å². The SMILES string of the molecule is CCCCCCCCCCCCCCCCC(=O)N[C@@H](CCCN=C(N)N)C(=O)NCCCN[C@H](C(=O)OC)[C@H](O[C@@H]1O[C@H](CN)[C@@H](O)[C@H]1O)[C@@H]1CC[C@H](n2ccc(=O)[nH]c2=O)C1. The van der Waals surface area contributed by atoms with Crippen molar-refractivity contribution in [2.75, 3.05) is 33.3 Å². The Morgan fingerprint density at radius 1 is 0.921 bits per heavy atom. The topological polar surface area (TPSA) is 301 Å². The molecule has 19 nitrogen and oxygen atoms in total. The zero-order valence-corrected chi connectivity index (χ0v) is 37.8. The maximum Gasteiger partial charge on any atom is 0.328 e. The van der Waals surface area contributed by atoms with Crippen molar-refractivity contribution >= 4 is 23.7 Å². The summed E-state index contributed by atoms with van der Waals surface area (Å²) in [6, 6.07) is -0.920. The second kappa shape index (κ2) is 30.3. The van der Waals surface area contributed by atoms with Gasteiger partial charge in [-0.25, -0.2) is 4.79 Å². The first-order valence-electron chi connectivity index (χ1n) is 23.5. The molecule has 0 radical (unpaired) electrons. The molecule has 2 aliphatic rings. The molecule has 1 saturated carbocycles. The number of ether oxygens (including phenoxy) is 3. The van der Waals surface area contributed by atoms with Gasteiger partial charge in [-0.05, 0) is 57.4 Å². The van der Waals surface area contributed by atoms with E-state index in [1.165, 1.54) is 88.1 Å². The van der Waals surface area contributed by atoms with Crippen molar-refractivity contribution in [2.45, 2.75) is 191 Å². The van der Waals surface area contributed by atoms with E-state index in [9.17, 15) is 34.2 Å². The van der Waals surface area contributed by atoms with Gasteiger partial charge in [0.25, 0.3) is 5.56 Å². The fourth-order valence-electron chi connectivity index (χ4n) is 8.56. The molecule has 2 amide bonds. The number of methoxy groups -OCH3 is 1. The standard InChI is InChI=1S/C44H79N9O10/c1-3-4-5-6-7-8-9-10-11-12-13-14-15-16-20-34(54)51-32(19-17-24-50-43(46)47)40(58)49-26-18-25-48-36(41(59)61-2)39(63-42-38(57)37(56)33(29-45)62-42)30-21-22-31(28-30)53-27-23-35(55)52-44(53)60/h23,27,30-33,36-39,42,48,56-57H,3-22,24-26,28-29,45H2,1-2H3,(H,49,58)(H,51,54)(H4,46,47,50)(H,52,55,60)/t30-,31+,32+,33-,36+,37-,38-,39-,42+/m1/s1. The van der Waals surface area contributed by atoms with Crippen molar-refractivity contribution in [3.8, 4) is 0 Å². The number of aliphatic hydroxyl groups excluding tert-OH is 2. The molecule has 1 aliphatic heterocycles. The molecule has 12 N–H and O–H groups in total. The molecule has 19 heteroatoms. The highest BCUT2D eigenvalue weighted by atomic mass is 16.7. The molecule has 3 rings (SSSR count). The van der Waals surface area contributed by atoms with E-state index >= 15 is 0 Å². The fraction of sp³-hybridized carbons (Fsp3) is 0.818. The summed E-state index contributed by atoms with van der Waals surface area (Å²) in [7, 11) is 1.24. The molecule has 0 unspecified atom stereocenters. The molecule has 1 aromatic rings. The van der Waals surface area contributed by atoms with Crippen molar-refractivity contribution in [2.24, 2.45) is 28.1 Å². The quantitative estimate of drug-likeness (QED) is 0.0210. The number of rotatable bonds is 33. The number of hydrogen-bond donors (Lipinski definition) is 9. The summed E-state index contributed by atoms with van der Waals surface area (Å²) in [5.41, 5.74) is 15.6. The number of carbonyl (C=O) groups excluding carboxylic acids is 3. The van der Waals surface area contributed by atoms with E-state index in [0.29, 0.717) is 51.5 Å². The molecular weight excluding hydrogens is 815 g/mol. The van der Waals surface area contributed by atoms with E-state index in [1.807, 2.05) is 0 Å². The lowest BCUT2D eigenvalue weighted by atomic mass is 9.93. The highest BCUT2D eigenvalue weighted by Crippen LogP contribution is 2.39. The molecule has 360 valence electrons. The van der Waals surface area contributed by atoms with Crippen LogP contribution in [0, 0.1) is 5.92 Å². The van der Waals surface area contributed by atoms with Gasteiger partial charge in [0.1, 0.15) is 30.4 Å². The Labute approximate surface area is 372 Å². The average molecular weight is 894 g/mol. The number of nitrogens with one attached hydrogen (secondary N) is 4. The predicted molar refractivity (Wildman–Crippen MR) is 241 cm³/mol. The zero-order chi connectivity index (χ0) is 46.0. The molecule has 2 heterocycles. The second-order valence-electron chi connectivity index (χ2n) is 17.1. The molecule has 0 bridgehead atoms. The number of unbranched alkanes of at least 4 members (excludes halogenated alkanes) is 13. The van der Waals surface area contributed by atoms with Gasteiger partial charge in [-0.3, -0.25) is 33.7 Å². The number of aromatic nitrogens is 2. The highest BCUT2D eigenvalue weighted by molar-refractivity contribution is 5.87. The Kier molecular flexibility index (Phi) is 25.7. The highest BCUT2D eigenvalue weighted by Gasteiger charge is 2.48. The van der Waals surface area contributed by atoms with Crippen molar-refractivity contribution in [1.82, 2.24) is 25.5 Å². The Balaban J connectivity index is 1.52. The summed E-state index contributed by atoms with van der Waals surface area (Å²) in [5.74, 6) is -1.60. The number of H-pyrrole nitrogens is 1. The summed E-state index contributed by atoms with van der Waals surface area (Å²) >= 11 is 0. The van der Waals surface area contributed by atoms with Gasteiger partial charge in [0, 0.05) is 44.4 Å². The van der Waals surface area contributed by atoms with Crippen LogP contribution in [0.2, 0.25) is 0 Å². The minimum atomic E-state index is -1.44. The average Bonchev–Trinajstić information content (AvgIpc) is 3.85. The third-order valence-corrected chi connectivity index (χ3v) is 12.2. The zero-order valence-electron chi connectivity index (χ0n) is 37.8. The van der Waals surface area contributed by atoms with Crippen LogP contribution in [0.1, 0.15) is 148 Å². The molecule has 2 fully saturated rings. The van der Waals surface area contributed by atoms with Crippen LogP contribution in [-0.4, -0.2) is 120 Å². The maximum atomic E-state index is 13.4. The number of nitrogens with zero attached hydrogens (tertiary/aromatic N) is 2. The van der Waals surface area contributed by atoms with Gasteiger partial charge in [0.2, 0.25) is 11.8 Å². The lowest BCUT2D eigenvalue weighted by Crippen LogP contribution is -2.53. The fourth-order valence-corrected chi connectivity index (χ4v) is 8.56. The monoisotopic (exact) mass is 894 g/mol. The molecule has 1 aliphatic carbocycles. The first-order chi connectivity index (χ1) is 30.4. The van der Waals surface area contributed by atoms with Gasteiger partial charge in [-0.1, -0.05) is 90.4 Å². The number of aliphatic hydroxyl groups is 2. The van der Waals surface area contributed by atoms with Gasteiger partial charge in [0.15, 0.2) is 12.2 Å². The van der Waals surface area contributed by atoms with Crippen LogP contribution < -0.4 is 44.4 Å². The third kappa shape index (κ3) is 19.4. The molecule has 0 aromatic carbocycles. The maximum absolute atomic E-state index is 13.4. The van der Waals surface area contributed by atoms with E-state index in [1.54, 1.807) is 0 Å². The minimum Gasteiger partial charge on any atom is -0.468 e. The molecule has 1 saturated heterocycles. The molecule has 63 heavy (non-hydrogen) atoms. The minimum absolute atomic E-state index is 0.0514. The van der Waals surface area contributed by atoms with Crippen LogP contribution in [0.3, 0.4) is 0 Å². The lowest BCUT2D eigenvalue weighted by Gasteiger charge is -2.33. The molecule has 1 aromatic heterocycles. The van der Waals surface area contributed by atoms with Crippen molar-refractivity contribution in [3.05, 3.63) is 33.1 Å². The van der Waals surface area contributed by atoms with Crippen molar-refractivity contribution in [1.29, 1.82) is 0 Å². The smallest absolute Gasteiger partial charge is 0.328 e. The Hall–Kier alpha value is -3.88. The van der Waals surface area contributed by atoms with Gasteiger partial charge >= 0.3 is 11.7 Å². The van der Waals surface area contributed by atoms with Crippen LogP contribution in [0.15, 0.2) is 26.8 Å². The largest absolute Gasteiger partial charge is 0.468 e. The number of aliphatic imine (C=N–C) groups is 1. The number of nitrogens with two attached hydrogens (primary N) is 3. The van der Waals surface area contributed by atoms with Crippen LogP contribution in [0.4, 0.5) is 0 Å². The van der Waals surface area contributed by atoms with Gasteiger partial charge < -0.3 is 57.6 Å². The summed E-state index contributed by atoms with van der Waals surface area (Å²) < 4.78 is 18.7. The summed E-state index contributed by atoms with van der Waals surface area (Å²) in [6.07, 6.45) is 15.5. The number of amides is 2. The van der Waals surface area contributed by atoms with Gasteiger partial charge in [-0.2, -0.15) is 0 Å². The first-order valence-corrected chi connectivity index (χ1v) is 23.5. The van der Waals surface area contributed by atoms with E-state index in [4.69, 9.17) is 31.4 Å². The van der Waals surface area contributed by atoms with E-state index in [0.717, 1.165) is 25.7 Å². The number of esters is 1. The Morgan fingerprint density at radius 3 is 2.16 bits per heavy atom. The third-order valence-electron chi connectivity index (χ3n) is 12.2. The lowest BCUT2D eigenvalue weighted by molar-refractivity contribution is -0.209. The molecule has 9 atom stereocenters. The van der Waals surface area contributed by atoms with Crippen LogP contribution in [-0.2, 0) is 28.6 Å². The number of guanidine groups is 1. The van der Waals surface area contributed by atoms with Crippen LogP contribution >= 0.6 is 0 Å². The predicted octanol–water partition coefficient (Wildman–Crippen LogP) is 1.72. The van der Waals surface area contributed by atoms with E-state index < -0.39 is 60.0 Å². The summed E-state index contributed by atoms with van der Waals surface area (Å²) in [4.78, 5) is 70.3. The van der Waals surface area contributed by atoms with Crippen molar-refractivity contribution in [3.63, 3.8) is 0 Å². The Bertz CT molecular complexity index is 1620. The van der Waals surface area contributed by atoms with Crippen LogP contribution in [0.25, 0.3) is 0 Å². The normalized spacial score (nSPS) is 22.3. The van der Waals surface area contributed by atoms with Crippen LogP contribution in [0.5, 0.6) is 0 Å². The van der Waals surface area contributed by atoms with E-state index in [-0.39, 0.29) is 49.4 Å². The van der Waals surface area contributed by atoms with E-state index in [2.05, 4.69) is 32.9 Å². The summed E-state index contributed by atoms with van der Waals surface area (Å²) in [5, 5.41) is 30.3. The van der Waals surface area contributed by atoms with Gasteiger partial charge in [0.05, 0.1) is 13.2 Å². The summed E-state index contributed by atoms with van der Waals surface area (Å²) in [6.45, 7) is 2.90. The first kappa shape index (κ1) is 53.5. The number of aromatic amines is 1. The Morgan fingerprint density at radius 2 is 1.57 bits per heavy atom. The molecule has 0 spiro atoms.